The van der Waals surface area contributed by atoms with Crippen LogP contribution in [0.1, 0.15) is 30.4 Å². The van der Waals surface area contributed by atoms with Crippen LogP contribution in [-0.4, -0.2) is 26.1 Å². The van der Waals surface area contributed by atoms with Gasteiger partial charge in [-0.3, -0.25) is 10.1 Å². The van der Waals surface area contributed by atoms with Crippen molar-refractivity contribution < 1.29 is 4.79 Å². The van der Waals surface area contributed by atoms with Gasteiger partial charge in [0.25, 0.3) is 0 Å². The van der Waals surface area contributed by atoms with Gasteiger partial charge in [-0.05, 0) is 28.0 Å². The van der Waals surface area contributed by atoms with E-state index in [-0.39, 0.29) is 5.91 Å². The summed E-state index contributed by atoms with van der Waals surface area (Å²) in [6.07, 6.45) is 0.884. The third kappa shape index (κ3) is 3.48. The third-order valence-electron chi connectivity index (χ3n) is 3.73. The number of anilines is 1. The number of rotatable bonds is 6. The van der Waals surface area contributed by atoms with Crippen LogP contribution in [0, 0.1) is 0 Å². The standard InChI is InChI=1S/C18H19N5O/c1-2-13-23-18(20-21-22-23)19-17(24)16(14-9-5-3-6-10-14)15-11-7-4-8-12-15/h3-12,16H,2,13H2,1H3,(H,19,20,22,24). The van der Waals surface area contributed by atoms with Crippen molar-refractivity contribution in [2.24, 2.45) is 0 Å². The fraction of sp³-hybridized carbons (Fsp3) is 0.222. The Labute approximate surface area is 140 Å². The van der Waals surface area contributed by atoms with Gasteiger partial charge in [-0.25, -0.2) is 4.68 Å². The molecule has 0 fully saturated rings. The largest absolute Gasteiger partial charge is 0.293 e. The molecular formula is C18H19N5O. The molecule has 24 heavy (non-hydrogen) atoms. The van der Waals surface area contributed by atoms with Gasteiger partial charge in [0.05, 0.1) is 5.92 Å². The van der Waals surface area contributed by atoms with Gasteiger partial charge in [-0.1, -0.05) is 72.7 Å². The number of aryl methyl sites for hydroxylation is 1. The van der Waals surface area contributed by atoms with E-state index in [1.54, 1.807) is 4.68 Å². The Hall–Kier alpha value is -3.02. The first-order chi connectivity index (χ1) is 11.8. The molecule has 122 valence electrons. The summed E-state index contributed by atoms with van der Waals surface area (Å²) in [5.41, 5.74) is 1.85. The topological polar surface area (TPSA) is 72.7 Å². The summed E-state index contributed by atoms with van der Waals surface area (Å²) in [5.74, 6) is -0.197. The van der Waals surface area contributed by atoms with E-state index in [1.807, 2.05) is 67.6 Å². The Kier molecular flexibility index (Phi) is 4.96. The minimum absolute atomic E-state index is 0.153. The molecule has 3 rings (SSSR count). The highest BCUT2D eigenvalue weighted by Crippen LogP contribution is 2.25. The molecule has 1 heterocycles. The molecule has 3 aromatic rings. The monoisotopic (exact) mass is 321 g/mol. The molecule has 1 N–H and O–H groups in total. The Morgan fingerprint density at radius 2 is 1.62 bits per heavy atom. The van der Waals surface area contributed by atoms with Crippen molar-refractivity contribution in [3.8, 4) is 0 Å². The minimum atomic E-state index is -0.417. The predicted molar refractivity (Wildman–Crippen MR) is 91.5 cm³/mol. The van der Waals surface area contributed by atoms with Gasteiger partial charge in [0.1, 0.15) is 0 Å². The van der Waals surface area contributed by atoms with E-state index in [4.69, 9.17) is 0 Å². The van der Waals surface area contributed by atoms with Crippen molar-refractivity contribution in [3.63, 3.8) is 0 Å². The van der Waals surface area contributed by atoms with E-state index in [2.05, 4.69) is 20.8 Å². The highest BCUT2D eigenvalue weighted by atomic mass is 16.2. The van der Waals surface area contributed by atoms with Gasteiger partial charge in [0.2, 0.25) is 11.9 Å². The SMILES string of the molecule is CCCn1nnnc1NC(=O)C(c1ccccc1)c1ccccc1. The van der Waals surface area contributed by atoms with Crippen LogP contribution in [-0.2, 0) is 11.3 Å². The lowest BCUT2D eigenvalue weighted by Crippen LogP contribution is -2.24. The molecule has 6 nitrogen and oxygen atoms in total. The average Bonchev–Trinajstić information content (AvgIpc) is 3.04. The van der Waals surface area contributed by atoms with Gasteiger partial charge in [0, 0.05) is 6.54 Å². The molecule has 0 atom stereocenters. The molecule has 0 aliphatic heterocycles. The molecule has 2 aromatic carbocycles. The fourth-order valence-corrected chi connectivity index (χ4v) is 2.63. The molecule has 0 bridgehead atoms. The van der Waals surface area contributed by atoms with E-state index >= 15 is 0 Å². The van der Waals surface area contributed by atoms with Gasteiger partial charge in [-0.2, -0.15) is 0 Å². The average molecular weight is 321 g/mol. The maximum Gasteiger partial charge on any atom is 0.249 e. The Bertz CT molecular complexity index is 746. The molecule has 0 saturated heterocycles. The van der Waals surface area contributed by atoms with Crippen LogP contribution >= 0.6 is 0 Å². The number of aromatic nitrogens is 4. The van der Waals surface area contributed by atoms with E-state index in [1.165, 1.54) is 0 Å². The smallest absolute Gasteiger partial charge is 0.249 e. The predicted octanol–water partition coefficient (Wildman–Crippen LogP) is 2.85. The zero-order valence-electron chi connectivity index (χ0n) is 13.5. The molecule has 0 spiro atoms. The van der Waals surface area contributed by atoms with E-state index in [0.717, 1.165) is 17.5 Å². The van der Waals surface area contributed by atoms with Crippen LogP contribution in [0.5, 0.6) is 0 Å². The Morgan fingerprint density at radius 3 is 2.17 bits per heavy atom. The lowest BCUT2D eigenvalue weighted by Gasteiger charge is -2.17. The van der Waals surface area contributed by atoms with Crippen LogP contribution < -0.4 is 5.32 Å². The van der Waals surface area contributed by atoms with E-state index < -0.39 is 5.92 Å². The number of hydrogen-bond acceptors (Lipinski definition) is 4. The minimum Gasteiger partial charge on any atom is -0.293 e. The van der Waals surface area contributed by atoms with Gasteiger partial charge in [-0.15, -0.1) is 0 Å². The normalized spacial score (nSPS) is 10.8. The molecule has 0 aliphatic carbocycles. The first-order valence-electron chi connectivity index (χ1n) is 7.96. The highest BCUT2D eigenvalue weighted by Gasteiger charge is 2.24. The summed E-state index contributed by atoms with van der Waals surface area (Å²) < 4.78 is 1.60. The van der Waals surface area contributed by atoms with Gasteiger partial charge >= 0.3 is 0 Å². The summed E-state index contributed by atoms with van der Waals surface area (Å²) >= 11 is 0. The quantitative estimate of drug-likeness (QED) is 0.757. The summed E-state index contributed by atoms with van der Waals surface area (Å²) in [6, 6.07) is 19.4. The maximum absolute atomic E-state index is 12.9. The summed E-state index contributed by atoms with van der Waals surface area (Å²) in [4.78, 5) is 12.9. The number of benzene rings is 2. The summed E-state index contributed by atoms with van der Waals surface area (Å²) in [5, 5.41) is 14.3. The summed E-state index contributed by atoms with van der Waals surface area (Å²) in [7, 11) is 0. The zero-order chi connectivity index (χ0) is 16.8. The van der Waals surface area contributed by atoms with Crippen molar-refractivity contribution in [2.45, 2.75) is 25.8 Å². The van der Waals surface area contributed by atoms with Gasteiger partial charge in [0.15, 0.2) is 0 Å². The third-order valence-corrected chi connectivity index (χ3v) is 3.73. The number of tetrazole rings is 1. The highest BCUT2D eigenvalue weighted by molar-refractivity contribution is 5.96. The van der Waals surface area contributed by atoms with Crippen molar-refractivity contribution >= 4 is 11.9 Å². The van der Waals surface area contributed by atoms with Crippen LogP contribution in [0.2, 0.25) is 0 Å². The fourth-order valence-electron chi connectivity index (χ4n) is 2.63. The van der Waals surface area contributed by atoms with Gasteiger partial charge < -0.3 is 0 Å². The first-order valence-corrected chi connectivity index (χ1v) is 7.96. The van der Waals surface area contributed by atoms with Crippen molar-refractivity contribution in [3.05, 3.63) is 71.8 Å². The lowest BCUT2D eigenvalue weighted by atomic mass is 9.90. The summed E-state index contributed by atoms with van der Waals surface area (Å²) in [6.45, 7) is 2.69. The number of nitrogens with zero attached hydrogens (tertiary/aromatic N) is 4. The lowest BCUT2D eigenvalue weighted by molar-refractivity contribution is -0.116. The molecule has 0 saturated carbocycles. The molecule has 1 amide bonds. The molecular weight excluding hydrogens is 302 g/mol. The van der Waals surface area contributed by atoms with Crippen molar-refractivity contribution in [1.82, 2.24) is 20.2 Å². The van der Waals surface area contributed by atoms with E-state index in [9.17, 15) is 4.79 Å². The second-order valence-electron chi connectivity index (χ2n) is 5.47. The van der Waals surface area contributed by atoms with Crippen LogP contribution in [0.4, 0.5) is 5.95 Å². The zero-order valence-corrected chi connectivity index (χ0v) is 13.5. The number of hydrogen-bond donors (Lipinski definition) is 1. The number of carbonyl (C=O) groups excluding carboxylic acids is 1. The maximum atomic E-state index is 12.9. The van der Waals surface area contributed by atoms with Crippen molar-refractivity contribution in [1.29, 1.82) is 0 Å². The number of amides is 1. The first kappa shape index (κ1) is 15.9. The molecule has 0 aliphatic rings. The molecule has 0 radical (unpaired) electrons. The Morgan fingerprint density at radius 1 is 1.04 bits per heavy atom. The second kappa shape index (κ2) is 7.50. The Balaban J connectivity index is 1.91. The molecule has 6 heteroatoms. The molecule has 1 aromatic heterocycles. The molecule has 0 unspecified atom stereocenters. The second-order valence-corrected chi connectivity index (χ2v) is 5.47. The number of carbonyl (C=O) groups is 1. The number of nitrogens with one attached hydrogen (secondary N) is 1. The van der Waals surface area contributed by atoms with Crippen molar-refractivity contribution in [2.75, 3.05) is 5.32 Å². The van der Waals surface area contributed by atoms with Crippen LogP contribution in [0.3, 0.4) is 0 Å². The van der Waals surface area contributed by atoms with Crippen LogP contribution in [0.25, 0.3) is 0 Å². The van der Waals surface area contributed by atoms with E-state index in [0.29, 0.717) is 12.5 Å². The van der Waals surface area contributed by atoms with Crippen LogP contribution in [0.15, 0.2) is 60.7 Å².